The minimum atomic E-state index is -0.477. The van der Waals surface area contributed by atoms with Gasteiger partial charge in [0, 0.05) is 21.3 Å². The first kappa shape index (κ1) is 22.2. The lowest BCUT2D eigenvalue weighted by molar-refractivity contribution is 0.203. The van der Waals surface area contributed by atoms with Gasteiger partial charge in [-0.1, -0.05) is 70.8 Å². The SMILES string of the molecule is CC1=C(c2nc(-c3ccc(Cl)cc3)no2)C(c2ccc(Cl)cc2)NC(=O)N1Cc1ccccc1. The molecule has 1 unspecified atom stereocenters. The summed E-state index contributed by atoms with van der Waals surface area (Å²) in [6, 6.07) is 23.7. The Balaban J connectivity index is 1.59. The van der Waals surface area contributed by atoms with Crippen LogP contribution in [-0.4, -0.2) is 21.1 Å². The van der Waals surface area contributed by atoms with E-state index in [0.717, 1.165) is 28.0 Å². The summed E-state index contributed by atoms with van der Waals surface area (Å²) in [7, 11) is 0. The molecular weight excluding hydrogens is 471 g/mol. The Hall–Kier alpha value is -3.61. The van der Waals surface area contributed by atoms with Crippen LogP contribution in [0.5, 0.6) is 0 Å². The van der Waals surface area contributed by atoms with Gasteiger partial charge in [-0.3, -0.25) is 4.90 Å². The Bertz CT molecular complexity index is 1350. The van der Waals surface area contributed by atoms with Gasteiger partial charge in [-0.25, -0.2) is 4.79 Å². The van der Waals surface area contributed by atoms with E-state index in [-0.39, 0.29) is 6.03 Å². The largest absolute Gasteiger partial charge is 0.334 e. The second kappa shape index (κ2) is 9.33. The zero-order chi connectivity index (χ0) is 23.7. The van der Waals surface area contributed by atoms with E-state index in [0.29, 0.717) is 28.3 Å². The van der Waals surface area contributed by atoms with E-state index in [1.807, 2.05) is 61.5 Å². The number of nitrogens with one attached hydrogen (secondary N) is 1. The van der Waals surface area contributed by atoms with Gasteiger partial charge < -0.3 is 9.84 Å². The molecule has 34 heavy (non-hydrogen) atoms. The van der Waals surface area contributed by atoms with Gasteiger partial charge in [-0.05, 0) is 54.4 Å². The van der Waals surface area contributed by atoms with Crippen molar-refractivity contribution in [1.29, 1.82) is 0 Å². The maximum Gasteiger partial charge on any atom is 0.322 e. The summed E-state index contributed by atoms with van der Waals surface area (Å²) < 4.78 is 5.71. The normalized spacial score (nSPS) is 16.0. The van der Waals surface area contributed by atoms with Gasteiger partial charge in [-0.15, -0.1) is 0 Å². The highest BCUT2D eigenvalue weighted by atomic mass is 35.5. The molecule has 0 saturated heterocycles. The first-order valence-electron chi connectivity index (χ1n) is 10.7. The van der Waals surface area contributed by atoms with Gasteiger partial charge in [0.05, 0.1) is 18.2 Å². The number of carbonyl (C=O) groups is 1. The molecule has 8 heteroatoms. The van der Waals surface area contributed by atoms with E-state index in [2.05, 4.69) is 15.5 Å². The molecule has 1 aliphatic rings. The molecule has 1 aliphatic heterocycles. The van der Waals surface area contributed by atoms with Gasteiger partial charge >= 0.3 is 6.03 Å². The molecule has 1 atom stereocenters. The maximum atomic E-state index is 13.2. The lowest BCUT2D eigenvalue weighted by Crippen LogP contribution is -2.45. The molecule has 3 aromatic carbocycles. The Kier molecular flexibility index (Phi) is 6.09. The highest BCUT2D eigenvalue weighted by molar-refractivity contribution is 6.30. The van der Waals surface area contributed by atoms with E-state index in [1.54, 1.807) is 29.2 Å². The van der Waals surface area contributed by atoms with E-state index in [9.17, 15) is 4.79 Å². The van der Waals surface area contributed by atoms with Crippen molar-refractivity contribution in [3.05, 3.63) is 112 Å². The van der Waals surface area contributed by atoms with E-state index >= 15 is 0 Å². The fourth-order valence-corrected chi connectivity index (χ4v) is 4.22. The first-order chi connectivity index (χ1) is 16.5. The molecule has 0 bridgehead atoms. The minimum absolute atomic E-state index is 0.206. The summed E-state index contributed by atoms with van der Waals surface area (Å²) in [5.41, 5.74) is 4.11. The van der Waals surface area contributed by atoms with Gasteiger partial charge in [0.15, 0.2) is 0 Å². The fraction of sp³-hybridized carbons (Fsp3) is 0.115. The summed E-state index contributed by atoms with van der Waals surface area (Å²) >= 11 is 12.1. The number of hydrogen-bond acceptors (Lipinski definition) is 4. The van der Waals surface area contributed by atoms with Crippen LogP contribution in [0.2, 0.25) is 10.0 Å². The monoisotopic (exact) mass is 490 g/mol. The summed E-state index contributed by atoms with van der Waals surface area (Å²) in [6.07, 6.45) is 0. The minimum Gasteiger partial charge on any atom is -0.334 e. The standard InChI is InChI=1S/C26H20Cl2N4O2/c1-16-22(25-30-24(31-34-25)19-9-13-21(28)14-10-19)23(18-7-11-20(27)12-8-18)29-26(33)32(16)15-17-5-3-2-4-6-17/h2-14,23H,15H2,1H3,(H,29,33). The number of urea groups is 1. The van der Waals surface area contributed by atoms with Crippen LogP contribution in [0.4, 0.5) is 4.79 Å². The van der Waals surface area contributed by atoms with Crippen molar-refractivity contribution >= 4 is 34.8 Å². The third-order valence-corrected chi connectivity index (χ3v) is 6.25. The van der Waals surface area contributed by atoms with Crippen molar-refractivity contribution in [2.45, 2.75) is 19.5 Å². The van der Waals surface area contributed by atoms with Crippen molar-refractivity contribution < 1.29 is 9.32 Å². The van der Waals surface area contributed by atoms with Crippen molar-refractivity contribution in [3.8, 4) is 11.4 Å². The van der Waals surface area contributed by atoms with Gasteiger partial charge in [0.1, 0.15) is 0 Å². The summed E-state index contributed by atoms with van der Waals surface area (Å²) in [6.45, 7) is 2.31. The average molecular weight is 491 g/mol. The maximum absolute atomic E-state index is 13.2. The molecule has 0 radical (unpaired) electrons. The van der Waals surface area contributed by atoms with Gasteiger partial charge in [0.25, 0.3) is 5.89 Å². The predicted octanol–water partition coefficient (Wildman–Crippen LogP) is 6.74. The molecule has 5 rings (SSSR count). The first-order valence-corrected chi connectivity index (χ1v) is 11.4. The zero-order valence-corrected chi connectivity index (χ0v) is 19.7. The number of allylic oxidation sites excluding steroid dienone is 1. The summed E-state index contributed by atoms with van der Waals surface area (Å²) in [4.78, 5) is 19.5. The van der Waals surface area contributed by atoms with Crippen LogP contribution in [0.15, 0.2) is 89.1 Å². The van der Waals surface area contributed by atoms with Crippen LogP contribution in [0.1, 0.15) is 30.0 Å². The number of aromatic nitrogens is 2. The Morgan fingerprint density at radius 2 is 1.59 bits per heavy atom. The molecule has 2 amide bonds. The fourth-order valence-electron chi connectivity index (χ4n) is 3.97. The molecule has 1 aromatic heterocycles. The second-order valence-electron chi connectivity index (χ2n) is 7.93. The average Bonchev–Trinajstić information content (AvgIpc) is 3.33. The third kappa shape index (κ3) is 4.42. The van der Waals surface area contributed by atoms with Crippen LogP contribution >= 0.6 is 23.2 Å². The van der Waals surface area contributed by atoms with Gasteiger partial charge in [-0.2, -0.15) is 4.98 Å². The highest BCUT2D eigenvalue weighted by Gasteiger charge is 2.35. The second-order valence-corrected chi connectivity index (χ2v) is 8.81. The highest BCUT2D eigenvalue weighted by Crippen LogP contribution is 2.38. The molecule has 170 valence electrons. The van der Waals surface area contributed by atoms with Crippen LogP contribution in [0.25, 0.3) is 17.0 Å². The molecule has 0 aliphatic carbocycles. The Morgan fingerprint density at radius 1 is 0.941 bits per heavy atom. The smallest absolute Gasteiger partial charge is 0.322 e. The molecular formula is C26H20Cl2N4O2. The van der Waals surface area contributed by atoms with E-state index in [1.165, 1.54) is 0 Å². The van der Waals surface area contributed by atoms with Crippen molar-refractivity contribution in [2.24, 2.45) is 0 Å². The third-order valence-electron chi connectivity index (χ3n) is 5.74. The summed E-state index contributed by atoms with van der Waals surface area (Å²) in [5, 5.41) is 8.52. The number of carbonyl (C=O) groups excluding carboxylic acids is 1. The van der Waals surface area contributed by atoms with Crippen LogP contribution in [0.3, 0.4) is 0 Å². The molecule has 4 aromatic rings. The van der Waals surface area contributed by atoms with Crippen LogP contribution in [0, 0.1) is 0 Å². The molecule has 2 heterocycles. The number of amides is 2. The molecule has 0 spiro atoms. The quantitative estimate of drug-likeness (QED) is 0.336. The van der Waals surface area contributed by atoms with Crippen molar-refractivity contribution in [1.82, 2.24) is 20.4 Å². The Labute approximate surface area is 206 Å². The van der Waals surface area contributed by atoms with E-state index in [4.69, 9.17) is 27.7 Å². The molecule has 0 fully saturated rings. The van der Waals surface area contributed by atoms with Crippen molar-refractivity contribution in [3.63, 3.8) is 0 Å². The molecule has 6 nitrogen and oxygen atoms in total. The number of hydrogen-bond donors (Lipinski definition) is 1. The summed E-state index contributed by atoms with van der Waals surface area (Å²) in [5.74, 6) is 0.772. The topological polar surface area (TPSA) is 71.3 Å². The lowest BCUT2D eigenvalue weighted by Gasteiger charge is -2.35. The van der Waals surface area contributed by atoms with E-state index < -0.39 is 6.04 Å². The number of nitrogens with zero attached hydrogens (tertiary/aromatic N) is 3. The van der Waals surface area contributed by atoms with Crippen LogP contribution in [-0.2, 0) is 6.54 Å². The molecule has 0 saturated carbocycles. The predicted molar refractivity (Wildman–Crippen MR) is 132 cm³/mol. The van der Waals surface area contributed by atoms with Gasteiger partial charge in [0.2, 0.25) is 5.82 Å². The zero-order valence-electron chi connectivity index (χ0n) is 18.2. The Morgan fingerprint density at radius 3 is 2.26 bits per heavy atom. The number of halogens is 2. The number of benzene rings is 3. The lowest BCUT2D eigenvalue weighted by atomic mass is 9.94. The van der Waals surface area contributed by atoms with Crippen LogP contribution < -0.4 is 5.32 Å². The number of rotatable bonds is 5. The van der Waals surface area contributed by atoms with Crippen molar-refractivity contribution in [2.75, 3.05) is 0 Å². The molecule has 1 N–H and O–H groups in total.